The van der Waals surface area contributed by atoms with E-state index in [9.17, 15) is 10.2 Å². The highest BCUT2D eigenvalue weighted by Crippen LogP contribution is 2.82. The summed E-state index contributed by atoms with van der Waals surface area (Å²) in [4.78, 5) is 0. The van der Waals surface area contributed by atoms with Crippen molar-refractivity contribution >= 4 is 80.2 Å². The van der Waals surface area contributed by atoms with Crippen LogP contribution in [0.15, 0.2) is 225 Å². The van der Waals surface area contributed by atoms with Crippen LogP contribution >= 0.6 is 47.5 Å². The van der Waals surface area contributed by atoms with Crippen molar-refractivity contribution in [2.75, 3.05) is 6.16 Å². The first-order valence-corrected chi connectivity index (χ1v) is 67.3. The van der Waals surface area contributed by atoms with Gasteiger partial charge in [0.1, 0.15) is 0 Å². The van der Waals surface area contributed by atoms with Crippen LogP contribution in [0.1, 0.15) is 379 Å². The molecule has 18 saturated carbocycles. The number of rotatable bonds is 21. The van der Waals surface area contributed by atoms with Crippen molar-refractivity contribution in [2.45, 2.75) is 445 Å². The molecule has 0 unspecified atom stereocenters. The lowest BCUT2D eigenvalue weighted by molar-refractivity contribution is 0.0182. The molecule has 18 aliphatic rings. The van der Waals surface area contributed by atoms with Crippen LogP contribution in [0.2, 0.25) is 0 Å². The predicted molar refractivity (Wildman–Crippen MR) is 638 cm³/mol. The number of para-hydroxylation sites is 5. The summed E-state index contributed by atoms with van der Waals surface area (Å²) < 4.78 is 9.54. The Balaban J connectivity index is 0.000000110. The maximum absolute atomic E-state index is 9.84. The summed E-state index contributed by atoms with van der Waals surface area (Å²) >= 11 is 0. The lowest BCUT2D eigenvalue weighted by Gasteiger charge is -2.67. The second-order valence-electron chi connectivity index (χ2n) is 55.5. The van der Waals surface area contributed by atoms with Crippen molar-refractivity contribution in [3.63, 3.8) is 0 Å². The maximum Gasteiger partial charge on any atom is 0.0702 e. The standard InChI is InChI=1S/C27H37P.C24H39P.C23H32NOP.C22H28NP.C19H28NOP.C18H26NP/c1-2-4-19(5-3-1)18-28(26-12-20-6-21(13-26)8-22(7-20)14-26)27-15-23-9-24(16-27)11-25(10-23)17-27;1-2-3-4-25(23-11-17-5-18(12-23)7-19(6-17)13-23)24-14-20-8-21(15-24)10-22(9-20)16-24;25-18-19-10-7-8-15-22(19)24-17-9-16-23(24)26(20-11-3-1-4-12-20)21-13-5-2-6-14-21;1-21(2,3)24(22(4,5)6)20-16-17-12-10-11-15-19(17)23(20)18-13-8-7-9-14-18;1-18(2,3)22(19(4,5)6)17-12-9-13-20(17)16-11-8-7-10-15(16)14-21;1-17(2,3)20(18(4,5)6)16-13-10-14-19(16)15-11-8-7-9-12-15/h1-5,20-25H,6-18H2;17-22H,2-16H2,1H3;7-10,15-17,20-21,25H,1-6,11-14,18H2;7-16H,1-6H3;7-13,21H,14H2,1-6H3;7-14H,1-6H3. The zero-order valence-electron chi connectivity index (χ0n) is 93.6. The number of aromatic nitrogens is 4. The van der Waals surface area contributed by atoms with Gasteiger partial charge >= 0.3 is 0 Å². The van der Waals surface area contributed by atoms with Gasteiger partial charge in [-0.05, 0) is 447 Å². The molecule has 2 N–H and O–H groups in total. The van der Waals surface area contributed by atoms with Gasteiger partial charge in [0.2, 0.25) is 0 Å². The maximum atomic E-state index is 9.84. The number of hydrogen-bond acceptors (Lipinski definition) is 2. The highest BCUT2D eigenvalue weighted by Gasteiger charge is 2.65. The van der Waals surface area contributed by atoms with E-state index in [1.54, 1.807) is 178 Å². The summed E-state index contributed by atoms with van der Waals surface area (Å²) in [6, 6.07) is 74.3. The highest BCUT2D eigenvalue weighted by molar-refractivity contribution is 7.69. The van der Waals surface area contributed by atoms with Gasteiger partial charge in [0.25, 0.3) is 0 Å². The Morgan fingerprint density at radius 1 is 0.297 bits per heavy atom. The summed E-state index contributed by atoms with van der Waals surface area (Å²) in [7, 11) is -0.765. The molecule has 0 atom stereocenters. The summed E-state index contributed by atoms with van der Waals surface area (Å²) in [5, 5.41) is 25.7. The Bertz CT molecular complexity index is 5550. The number of hydrogen-bond donors (Lipinski definition) is 2. The van der Waals surface area contributed by atoms with E-state index in [2.05, 4.69) is 350 Å². The fourth-order valence-corrected chi connectivity index (χ4v) is 62.3. The van der Waals surface area contributed by atoms with Crippen LogP contribution in [0.25, 0.3) is 33.7 Å². The third-order valence-electron chi connectivity index (χ3n) is 37.9. The molecule has 4 aromatic heterocycles. The number of aliphatic hydroxyl groups is 2. The molecule has 18 fully saturated rings. The second kappa shape index (κ2) is 44.9. The largest absolute Gasteiger partial charge is 0.392 e. The number of nitrogens with zero attached hydrogens (tertiary/aromatic N) is 4. The molecule has 6 aromatic carbocycles. The molecule has 18 aliphatic carbocycles. The van der Waals surface area contributed by atoms with Gasteiger partial charge in [-0.3, -0.25) is 0 Å². The molecule has 10 aromatic rings. The fourth-order valence-electron chi connectivity index (χ4n) is 35.8. The van der Waals surface area contributed by atoms with Gasteiger partial charge in [-0.25, -0.2) is 0 Å². The third-order valence-corrected chi connectivity index (χ3v) is 60.1. The van der Waals surface area contributed by atoms with Gasteiger partial charge in [-0.2, -0.15) is 0 Å². The van der Waals surface area contributed by atoms with Crippen molar-refractivity contribution in [3.8, 4) is 22.7 Å². The molecule has 0 spiro atoms. The molecule has 0 saturated heterocycles. The fraction of sp³-hybridized carbons (Fsp3) is 0.624. The van der Waals surface area contributed by atoms with Crippen LogP contribution in [-0.4, -0.2) is 97.5 Å². The minimum atomic E-state index is -0.381. The molecule has 28 rings (SSSR count). The zero-order valence-corrected chi connectivity index (χ0v) is 99.0. The van der Waals surface area contributed by atoms with E-state index < -0.39 is 0 Å². The van der Waals surface area contributed by atoms with Gasteiger partial charge < -0.3 is 28.5 Å². The molecule has 4 heterocycles. The summed E-state index contributed by atoms with van der Waals surface area (Å²) in [6.45, 7) is 45.1. The van der Waals surface area contributed by atoms with Crippen LogP contribution < -0.4 is 21.7 Å². The van der Waals surface area contributed by atoms with Gasteiger partial charge in [0.15, 0.2) is 0 Å². The van der Waals surface area contributed by atoms with E-state index in [0.717, 1.165) is 120 Å². The molecule has 0 aliphatic heterocycles. The van der Waals surface area contributed by atoms with Gasteiger partial charge in [0.05, 0.1) is 30.1 Å². The SMILES string of the molecule is CC(C)(C)P(c1cc2ccccc2n1-c1ccccc1)C(C)(C)C.CC(C)(C)P(c1cccn1-c1ccccc1)C(C)(C)C.CC(C)(C)P(c1cccn1-c1ccccc1CO)C(C)(C)C.CCCCP(C12CC3CC(CC(C3)C1)C2)C12CC3CC(CC(C3)C1)C2.OCc1ccccc1-n1cccc1P(C1CCCCC1)C1CCCCC1.c1ccc(CP(C23CC4CC(CC(C4)C2)C3)C23CC4CC(CC(C4)C2)C3)cc1. The first-order chi connectivity index (χ1) is 69.3. The van der Waals surface area contributed by atoms with Crippen molar-refractivity contribution in [1.82, 2.24) is 18.3 Å². The highest BCUT2D eigenvalue weighted by atomic mass is 31.1. The van der Waals surface area contributed by atoms with Gasteiger partial charge in [0, 0.05) is 68.2 Å². The average molecular weight is 2060 g/mol. The molecule has 16 bridgehead atoms. The first kappa shape index (κ1) is 109. The Kier molecular flexibility index (Phi) is 33.6. The Morgan fingerprint density at radius 2 is 0.593 bits per heavy atom. The molecular formula is C133H190N4O2P6. The first-order valence-electron chi connectivity index (χ1n) is 58.7. The molecule has 6 nitrogen and oxygen atoms in total. The van der Waals surface area contributed by atoms with Crippen molar-refractivity contribution in [1.29, 1.82) is 0 Å². The van der Waals surface area contributed by atoms with Crippen LogP contribution in [0, 0.1) is 71.0 Å². The molecule has 12 heteroatoms. The normalized spacial score (nSPS) is 29.2. The zero-order chi connectivity index (χ0) is 102. The Hall–Kier alpha value is -4.80. The number of benzene rings is 6. The number of unbranched alkanes of at least 4 members (excludes halogenated alkanes) is 1. The number of fused-ring (bicyclic) bond motifs is 1. The second-order valence-corrected chi connectivity index (χ2v) is 76.0. The van der Waals surface area contributed by atoms with Gasteiger partial charge in [-0.15, -0.1) is 0 Å². The predicted octanol–water partition coefficient (Wildman–Crippen LogP) is 36.7. The van der Waals surface area contributed by atoms with Crippen molar-refractivity contribution in [3.05, 3.63) is 242 Å². The van der Waals surface area contributed by atoms with Crippen molar-refractivity contribution < 1.29 is 10.2 Å². The molecule has 0 amide bonds. The van der Waals surface area contributed by atoms with E-state index in [1.807, 2.05) is 24.3 Å². The Morgan fingerprint density at radius 3 is 0.952 bits per heavy atom. The van der Waals surface area contributed by atoms with E-state index in [4.69, 9.17) is 0 Å². The molecule has 784 valence electrons. The topological polar surface area (TPSA) is 60.2 Å². The number of aliphatic hydroxyl groups excluding tert-OH is 2. The lowest BCUT2D eigenvalue weighted by Crippen LogP contribution is -2.56. The van der Waals surface area contributed by atoms with Crippen LogP contribution in [0.5, 0.6) is 0 Å². The molecular weight excluding hydrogens is 1870 g/mol. The van der Waals surface area contributed by atoms with Crippen molar-refractivity contribution in [2.24, 2.45) is 71.0 Å². The van der Waals surface area contributed by atoms with Crippen LogP contribution in [0.3, 0.4) is 0 Å². The summed E-state index contributed by atoms with van der Waals surface area (Å²) in [6.07, 6.45) is 66.3. The van der Waals surface area contributed by atoms with E-state index in [-0.39, 0.29) is 81.4 Å². The van der Waals surface area contributed by atoms with Gasteiger partial charge in [-0.1, -0.05) is 322 Å². The van der Waals surface area contributed by atoms with E-state index in [1.165, 1.54) is 121 Å². The lowest BCUT2D eigenvalue weighted by atomic mass is 9.55. The van der Waals surface area contributed by atoms with E-state index >= 15 is 0 Å². The smallest absolute Gasteiger partial charge is 0.0702 e. The minimum Gasteiger partial charge on any atom is -0.392 e. The van der Waals surface area contributed by atoms with Crippen LogP contribution in [-0.2, 0) is 19.4 Å². The van der Waals surface area contributed by atoms with E-state index in [0.29, 0.717) is 10.3 Å². The quantitative estimate of drug-likeness (QED) is 0.0705. The molecule has 145 heavy (non-hydrogen) atoms. The third kappa shape index (κ3) is 24.0. The monoisotopic (exact) mass is 2060 g/mol. The average Bonchev–Trinajstić information content (AvgIpc) is 1.09. The summed E-state index contributed by atoms with van der Waals surface area (Å²) in [5.74, 6) is 13.6. The molecule has 0 radical (unpaired) electrons. The minimum absolute atomic E-state index is 0.0662. The summed E-state index contributed by atoms with van der Waals surface area (Å²) in [5.41, 5.74) is 17.4. The van der Waals surface area contributed by atoms with Crippen LogP contribution in [0.4, 0.5) is 0 Å². The Labute approximate surface area is 888 Å².